The van der Waals surface area contributed by atoms with Crippen LogP contribution in [0.15, 0.2) is 22.7 Å². The first-order valence-corrected chi connectivity index (χ1v) is 7.33. The van der Waals surface area contributed by atoms with Crippen LogP contribution < -0.4 is 0 Å². The molecular weight excluding hydrogens is 318 g/mol. The number of halogens is 1. The molecule has 1 aromatic rings. The summed E-state index contributed by atoms with van der Waals surface area (Å²) in [5.41, 5.74) is 1.49. The van der Waals surface area contributed by atoms with Crippen LogP contribution in [0.25, 0.3) is 0 Å². The monoisotopic (exact) mass is 329 g/mol. The van der Waals surface area contributed by atoms with Gasteiger partial charge in [-0.15, -0.1) is 11.8 Å². The number of aliphatic carboxylic acids is 1. The van der Waals surface area contributed by atoms with Gasteiger partial charge in [0.1, 0.15) is 6.04 Å². The first-order chi connectivity index (χ1) is 8.50. The number of carboxylic acid groups (broad SMARTS) is 1. The van der Waals surface area contributed by atoms with E-state index >= 15 is 0 Å². The quantitative estimate of drug-likeness (QED) is 0.904. The molecule has 1 amide bonds. The minimum atomic E-state index is -0.947. The highest BCUT2D eigenvalue weighted by Crippen LogP contribution is 2.26. The number of rotatable bonds is 2. The Kier molecular flexibility index (Phi) is 3.97. The van der Waals surface area contributed by atoms with Gasteiger partial charge in [0.15, 0.2) is 0 Å². The van der Waals surface area contributed by atoms with Crippen molar-refractivity contribution in [3.63, 3.8) is 0 Å². The van der Waals surface area contributed by atoms with Crippen molar-refractivity contribution in [1.29, 1.82) is 0 Å². The molecule has 1 atom stereocenters. The zero-order valence-electron chi connectivity index (χ0n) is 9.72. The second-order valence-electron chi connectivity index (χ2n) is 4.11. The highest BCUT2D eigenvalue weighted by Gasteiger charge is 2.35. The van der Waals surface area contributed by atoms with Gasteiger partial charge in [-0.05, 0) is 35.0 Å². The molecule has 0 saturated carbocycles. The molecular formula is C12H12BrNO3S. The van der Waals surface area contributed by atoms with Gasteiger partial charge < -0.3 is 10.0 Å². The molecule has 1 aromatic carbocycles. The fraction of sp³-hybridized carbons (Fsp3) is 0.333. The SMILES string of the molecule is Cc1ccc(Br)c(C(=O)N2CSCC2C(=O)O)c1. The number of carbonyl (C=O) groups is 2. The molecule has 1 heterocycles. The fourth-order valence-electron chi connectivity index (χ4n) is 1.81. The standard InChI is InChI=1S/C12H12BrNO3S/c1-7-2-3-9(13)8(4-7)11(15)14-6-18-5-10(14)12(16)17/h2-4,10H,5-6H2,1H3,(H,16,17). The third-order valence-electron chi connectivity index (χ3n) is 2.78. The van der Waals surface area contributed by atoms with Crippen molar-refractivity contribution < 1.29 is 14.7 Å². The van der Waals surface area contributed by atoms with Gasteiger partial charge >= 0.3 is 5.97 Å². The van der Waals surface area contributed by atoms with Gasteiger partial charge in [-0.1, -0.05) is 11.6 Å². The van der Waals surface area contributed by atoms with Crippen molar-refractivity contribution in [3.05, 3.63) is 33.8 Å². The van der Waals surface area contributed by atoms with E-state index in [1.807, 2.05) is 19.1 Å². The Bertz CT molecular complexity index is 506. The van der Waals surface area contributed by atoms with Crippen LogP contribution in [-0.2, 0) is 4.79 Å². The number of amides is 1. The lowest BCUT2D eigenvalue weighted by atomic mass is 10.1. The van der Waals surface area contributed by atoms with Crippen molar-refractivity contribution >= 4 is 39.6 Å². The zero-order chi connectivity index (χ0) is 13.3. The van der Waals surface area contributed by atoms with Gasteiger partial charge in [0.25, 0.3) is 5.91 Å². The van der Waals surface area contributed by atoms with Gasteiger partial charge in [-0.2, -0.15) is 0 Å². The summed E-state index contributed by atoms with van der Waals surface area (Å²) in [6.45, 7) is 1.90. The van der Waals surface area contributed by atoms with Crippen LogP contribution in [0.5, 0.6) is 0 Å². The van der Waals surface area contributed by atoms with E-state index in [0.717, 1.165) is 5.56 Å². The molecule has 0 bridgehead atoms. The summed E-state index contributed by atoms with van der Waals surface area (Å²) in [5.74, 6) is -0.305. The molecule has 1 aliphatic heterocycles. The highest BCUT2D eigenvalue weighted by atomic mass is 79.9. The molecule has 1 fully saturated rings. The molecule has 1 unspecified atom stereocenters. The van der Waals surface area contributed by atoms with Crippen LogP contribution in [0.3, 0.4) is 0 Å². The predicted molar refractivity (Wildman–Crippen MR) is 73.8 cm³/mol. The molecule has 1 N–H and O–H groups in total. The summed E-state index contributed by atoms with van der Waals surface area (Å²) in [5, 5.41) is 9.08. The summed E-state index contributed by atoms with van der Waals surface area (Å²) in [6, 6.07) is 4.75. The Morgan fingerprint density at radius 1 is 1.50 bits per heavy atom. The maximum atomic E-state index is 12.4. The maximum absolute atomic E-state index is 12.4. The molecule has 1 aliphatic rings. The predicted octanol–water partition coefficient (Wildman–Crippen LogP) is 2.36. The fourth-order valence-corrected chi connectivity index (χ4v) is 3.37. The topological polar surface area (TPSA) is 57.6 Å². The van der Waals surface area contributed by atoms with E-state index in [2.05, 4.69) is 15.9 Å². The number of nitrogens with zero attached hydrogens (tertiary/aromatic N) is 1. The van der Waals surface area contributed by atoms with Crippen LogP contribution in [-0.4, -0.2) is 39.6 Å². The van der Waals surface area contributed by atoms with E-state index in [9.17, 15) is 9.59 Å². The van der Waals surface area contributed by atoms with Crippen LogP contribution in [0.4, 0.5) is 0 Å². The second kappa shape index (κ2) is 5.32. The van der Waals surface area contributed by atoms with E-state index in [1.54, 1.807) is 6.07 Å². The second-order valence-corrected chi connectivity index (χ2v) is 5.97. The van der Waals surface area contributed by atoms with Crippen molar-refractivity contribution in [1.82, 2.24) is 4.90 Å². The summed E-state index contributed by atoms with van der Waals surface area (Å²) in [4.78, 5) is 24.8. The van der Waals surface area contributed by atoms with Crippen LogP contribution in [0, 0.1) is 6.92 Å². The maximum Gasteiger partial charge on any atom is 0.327 e. The Hall–Kier alpha value is -1.01. The average molecular weight is 330 g/mol. The molecule has 4 nitrogen and oxygen atoms in total. The summed E-state index contributed by atoms with van der Waals surface area (Å²) in [7, 11) is 0. The van der Waals surface area contributed by atoms with E-state index in [4.69, 9.17) is 5.11 Å². The number of carboxylic acids is 1. The van der Waals surface area contributed by atoms with Crippen molar-refractivity contribution in [2.24, 2.45) is 0 Å². The first-order valence-electron chi connectivity index (χ1n) is 5.38. The first kappa shape index (κ1) is 13.4. The van der Waals surface area contributed by atoms with Crippen molar-refractivity contribution in [2.75, 3.05) is 11.6 Å². The normalized spacial score (nSPS) is 19.0. The smallest absolute Gasteiger partial charge is 0.327 e. The largest absolute Gasteiger partial charge is 0.480 e. The minimum Gasteiger partial charge on any atom is -0.480 e. The highest BCUT2D eigenvalue weighted by molar-refractivity contribution is 9.10. The third kappa shape index (κ3) is 2.54. The van der Waals surface area contributed by atoms with Crippen molar-refractivity contribution in [3.8, 4) is 0 Å². The number of thioether (sulfide) groups is 1. The molecule has 1 saturated heterocycles. The van der Waals surface area contributed by atoms with Crippen LogP contribution in [0.2, 0.25) is 0 Å². The lowest BCUT2D eigenvalue weighted by molar-refractivity contribution is -0.140. The summed E-state index contributed by atoms with van der Waals surface area (Å²) in [6.07, 6.45) is 0. The third-order valence-corrected chi connectivity index (χ3v) is 4.48. The van der Waals surface area contributed by atoms with E-state index < -0.39 is 12.0 Å². The summed E-state index contributed by atoms with van der Waals surface area (Å²) >= 11 is 4.79. The Balaban J connectivity index is 2.31. The average Bonchev–Trinajstić information content (AvgIpc) is 2.80. The lowest BCUT2D eigenvalue weighted by Crippen LogP contribution is -2.41. The van der Waals surface area contributed by atoms with Crippen molar-refractivity contribution in [2.45, 2.75) is 13.0 Å². The molecule has 0 radical (unpaired) electrons. The molecule has 0 spiro atoms. The minimum absolute atomic E-state index is 0.233. The summed E-state index contributed by atoms with van der Waals surface area (Å²) < 4.78 is 0.694. The van der Waals surface area contributed by atoms with Crippen LogP contribution in [0.1, 0.15) is 15.9 Å². The molecule has 2 rings (SSSR count). The Morgan fingerprint density at radius 2 is 2.22 bits per heavy atom. The van der Waals surface area contributed by atoms with Gasteiger partial charge in [0.2, 0.25) is 0 Å². The molecule has 6 heteroatoms. The van der Waals surface area contributed by atoms with Gasteiger partial charge in [-0.25, -0.2) is 4.79 Å². The van der Waals surface area contributed by atoms with E-state index in [-0.39, 0.29) is 5.91 Å². The Labute approximate surface area is 117 Å². The lowest BCUT2D eigenvalue weighted by Gasteiger charge is -2.21. The van der Waals surface area contributed by atoms with E-state index in [0.29, 0.717) is 21.7 Å². The van der Waals surface area contributed by atoms with Gasteiger partial charge in [-0.3, -0.25) is 4.79 Å². The molecule has 0 aliphatic carbocycles. The van der Waals surface area contributed by atoms with Gasteiger partial charge in [0.05, 0.1) is 11.4 Å². The zero-order valence-corrected chi connectivity index (χ0v) is 12.1. The number of aryl methyl sites for hydroxylation is 1. The molecule has 96 valence electrons. The van der Waals surface area contributed by atoms with E-state index in [1.165, 1.54) is 16.7 Å². The molecule has 18 heavy (non-hydrogen) atoms. The van der Waals surface area contributed by atoms with Gasteiger partial charge in [0, 0.05) is 10.2 Å². The number of benzene rings is 1. The number of carbonyl (C=O) groups excluding carboxylic acids is 1. The molecule has 0 aromatic heterocycles. The number of hydrogen-bond acceptors (Lipinski definition) is 3. The Morgan fingerprint density at radius 3 is 2.89 bits per heavy atom. The number of hydrogen-bond donors (Lipinski definition) is 1. The van der Waals surface area contributed by atoms with Crippen LogP contribution >= 0.6 is 27.7 Å².